The second kappa shape index (κ2) is 4.53. The normalized spacial score (nSPS) is 11.4. The fourth-order valence-electron chi connectivity index (χ4n) is 1.14. The molecule has 92 valence electrons. The number of hydrogen-bond donors (Lipinski definition) is 0. The first-order valence-corrected chi connectivity index (χ1v) is 4.15. The summed E-state index contributed by atoms with van der Waals surface area (Å²) >= 11 is 0. The lowest BCUT2D eigenvalue weighted by molar-refractivity contribution is -0.141. The minimum absolute atomic E-state index is 0.610. The summed E-state index contributed by atoms with van der Waals surface area (Å²) < 4.78 is 66.8. The number of halogens is 5. The summed E-state index contributed by atoms with van der Waals surface area (Å²) in [6.45, 7) is 0. The van der Waals surface area contributed by atoms with Gasteiger partial charge in [-0.2, -0.15) is 18.4 Å². The van der Waals surface area contributed by atoms with Gasteiger partial charge in [-0.15, -0.1) is 0 Å². The molecule has 0 atom stereocenters. The Bertz CT molecular complexity index is 464. The average molecular weight is 252 g/mol. The van der Waals surface area contributed by atoms with Crippen molar-refractivity contribution in [1.29, 1.82) is 5.26 Å². The number of alkyl halides is 5. The molecule has 0 amide bonds. The molecule has 0 N–H and O–H groups in total. The zero-order valence-electron chi connectivity index (χ0n) is 8.35. The van der Waals surface area contributed by atoms with Crippen LogP contribution in [0.5, 0.6) is 5.88 Å². The maximum Gasteiger partial charge on any atom is 0.434 e. The number of hydrogen-bond acceptors (Lipinski definition) is 3. The zero-order valence-corrected chi connectivity index (χ0v) is 8.35. The average Bonchev–Trinajstić information content (AvgIpc) is 2.25. The fourth-order valence-corrected chi connectivity index (χ4v) is 1.14. The van der Waals surface area contributed by atoms with Crippen LogP contribution < -0.4 is 4.74 Å². The van der Waals surface area contributed by atoms with Gasteiger partial charge < -0.3 is 4.74 Å². The molecule has 0 bridgehead atoms. The molecule has 1 aromatic heterocycles. The van der Waals surface area contributed by atoms with Crippen LogP contribution in [-0.2, 0) is 6.18 Å². The van der Waals surface area contributed by atoms with Crippen molar-refractivity contribution in [1.82, 2.24) is 4.98 Å². The SMILES string of the molecule is COc1cc(C(F)F)c(C#N)c(C(F)(F)F)n1. The Kier molecular flexibility index (Phi) is 3.50. The summed E-state index contributed by atoms with van der Waals surface area (Å²) in [4.78, 5) is 2.97. The van der Waals surface area contributed by atoms with E-state index in [1.165, 1.54) is 0 Å². The van der Waals surface area contributed by atoms with E-state index in [2.05, 4.69) is 9.72 Å². The number of nitriles is 1. The largest absolute Gasteiger partial charge is 0.481 e. The van der Waals surface area contributed by atoms with Gasteiger partial charge in [0.2, 0.25) is 5.88 Å². The van der Waals surface area contributed by atoms with Crippen LogP contribution in [0.15, 0.2) is 6.07 Å². The molecule has 0 aromatic carbocycles. The molecule has 3 nitrogen and oxygen atoms in total. The van der Waals surface area contributed by atoms with E-state index in [0.717, 1.165) is 13.2 Å². The van der Waals surface area contributed by atoms with E-state index in [-0.39, 0.29) is 0 Å². The zero-order chi connectivity index (χ0) is 13.2. The molecular formula is C9H5F5N2O. The van der Waals surface area contributed by atoms with E-state index in [1.807, 2.05) is 0 Å². The van der Waals surface area contributed by atoms with Gasteiger partial charge in [0.25, 0.3) is 6.43 Å². The van der Waals surface area contributed by atoms with Crippen LogP contribution in [0, 0.1) is 11.3 Å². The van der Waals surface area contributed by atoms with Gasteiger partial charge in [-0.1, -0.05) is 0 Å². The lowest BCUT2D eigenvalue weighted by Gasteiger charge is -2.12. The highest BCUT2D eigenvalue weighted by molar-refractivity contribution is 5.45. The molecule has 8 heteroatoms. The Hall–Kier alpha value is -1.91. The highest BCUT2D eigenvalue weighted by atomic mass is 19.4. The second-order valence-electron chi connectivity index (χ2n) is 2.89. The van der Waals surface area contributed by atoms with Crippen molar-refractivity contribution in [3.05, 3.63) is 22.9 Å². The van der Waals surface area contributed by atoms with E-state index in [9.17, 15) is 22.0 Å². The predicted molar refractivity (Wildman–Crippen MR) is 45.5 cm³/mol. The van der Waals surface area contributed by atoms with Crippen molar-refractivity contribution in [3.63, 3.8) is 0 Å². The molecule has 0 aliphatic heterocycles. The Morgan fingerprint density at radius 1 is 1.41 bits per heavy atom. The maximum absolute atomic E-state index is 12.5. The van der Waals surface area contributed by atoms with Crippen molar-refractivity contribution in [3.8, 4) is 11.9 Å². The van der Waals surface area contributed by atoms with Crippen LogP contribution in [0.2, 0.25) is 0 Å². The first-order chi connectivity index (χ1) is 7.81. The fraction of sp³-hybridized carbons (Fsp3) is 0.333. The summed E-state index contributed by atoms with van der Waals surface area (Å²) in [6.07, 6.45) is -8.22. The van der Waals surface area contributed by atoms with Crippen LogP contribution in [0.25, 0.3) is 0 Å². The molecule has 0 fully saturated rings. The van der Waals surface area contributed by atoms with E-state index >= 15 is 0 Å². The molecule has 1 aromatic rings. The summed E-state index contributed by atoms with van der Waals surface area (Å²) in [6, 6.07) is 1.69. The third kappa shape index (κ3) is 2.61. The number of aromatic nitrogens is 1. The highest BCUT2D eigenvalue weighted by Crippen LogP contribution is 2.36. The lowest BCUT2D eigenvalue weighted by Crippen LogP contribution is -2.13. The molecule has 0 unspecified atom stereocenters. The van der Waals surface area contributed by atoms with Crippen molar-refractivity contribution in [2.24, 2.45) is 0 Å². The Balaban J connectivity index is 3.58. The van der Waals surface area contributed by atoms with Gasteiger partial charge in [-0.25, -0.2) is 13.8 Å². The van der Waals surface area contributed by atoms with Crippen LogP contribution in [0.1, 0.15) is 23.2 Å². The molecule has 1 heterocycles. The summed E-state index contributed by atoms with van der Waals surface area (Å²) in [5.41, 5.74) is -3.91. The lowest BCUT2D eigenvalue weighted by atomic mass is 10.1. The van der Waals surface area contributed by atoms with E-state index in [1.54, 1.807) is 0 Å². The predicted octanol–water partition coefficient (Wildman–Crippen LogP) is 2.92. The number of rotatable bonds is 2. The summed E-state index contributed by atoms with van der Waals surface area (Å²) in [5.74, 6) is -0.619. The molecular weight excluding hydrogens is 247 g/mol. The summed E-state index contributed by atoms with van der Waals surface area (Å²) in [7, 11) is 0.990. The van der Waals surface area contributed by atoms with Crippen LogP contribution in [-0.4, -0.2) is 12.1 Å². The van der Waals surface area contributed by atoms with Gasteiger partial charge in [-0.3, -0.25) is 0 Å². The minimum atomic E-state index is -5.00. The Morgan fingerprint density at radius 3 is 2.35 bits per heavy atom. The molecule has 0 aliphatic carbocycles. The molecule has 17 heavy (non-hydrogen) atoms. The molecule has 0 radical (unpaired) electrons. The summed E-state index contributed by atoms with van der Waals surface area (Å²) in [5, 5.41) is 8.51. The molecule has 0 saturated carbocycles. The minimum Gasteiger partial charge on any atom is -0.481 e. The van der Waals surface area contributed by atoms with Crippen LogP contribution >= 0.6 is 0 Å². The van der Waals surface area contributed by atoms with E-state index in [4.69, 9.17) is 5.26 Å². The standard InChI is InChI=1S/C9H5F5N2O/c1-17-6-2-4(8(10)11)5(3-15)7(16-6)9(12,13)14/h2,8H,1H3. The first kappa shape index (κ1) is 13.2. The van der Waals surface area contributed by atoms with Gasteiger partial charge >= 0.3 is 6.18 Å². The highest BCUT2D eigenvalue weighted by Gasteiger charge is 2.38. The molecule has 1 rings (SSSR count). The molecule has 0 saturated heterocycles. The Labute approximate surface area is 92.4 Å². The number of ether oxygens (including phenoxy) is 1. The van der Waals surface area contributed by atoms with Gasteiger partial charge in [-0.05, 0) is 0 Å². The molecule has 0 spiro atoms. The van der Waals surface area contributed by atoms with Crippen molar-refractivity contribution in [2.75, 3.05) is 7.11 Å². The van der Waals surface area contributed by atoms with Gasteiger partial charge in [0.1, 0.15) is 6.07 Å². The maximum atomic E-state index is 12.5. The van der Waals surface area contributed by atoms with Gasteiger partial charge in [0.05, 0.1) is 12.7 Å². The number of pyridine rings is 1. The smallest absolute Gasteiger partial charge is 0.434 e. The van der Waals surface area contributed by atoms with Crippen LogP contribution in [0.4, 0.5) is 22.0 Å². The van der Waals surface area contributed by atoms with Crippen molar-refractivity contribution in [2.45, 2.75) is 12.6 Å². The first-order valence-electron chi connectivity index (χ1n) is 4.15. The van der Waals surface area contributed by atoms with E-state index < -0.39 is 35.3 Å². The monoisotopic (exact) mass is 252 g/mol. The number of methoxy groups -OCH3 is 1. The van der Waals surface area contributed by atoms with E-state index in [0.29, 0.717) is 6.07 Å². The molecule has 0 aliphatic rings. The quantitative estimate of drug-likeness (QED) is 0.760. The third-order valence-electron chi connectivity index (χ3n) is 1.85. The Morgan fingerprint density at radius 2 is 2.00 bits per heavy atom. The van der Waals surface area contributed by atoms with Crippen LogP contribution in [0.3, 0.4) is 0 Å². The van der Waals surface area contributed by atoms with Gasteiger partial charge in [0, 0.05) is 11.6 Å². The van der Waals surface area contributed by atoms with Gasteiger partial charge in [0.15, 0.2) is 5.69 Å². The second-order valence-corrected chi connectivity index (χ2v) is 2.89. The third-order valence-corrected chi connectivity index (χ3v) is 1.85. The number of nitrogens with zero attached hydrogens (tertiary/aromatic N) is 2. The van der Waals surface area contributed by atoms with Crippen molar-refractivity contribution < 1.29 is 26.7 Å². The topological polar surface area (TPSA) is 45.9 Å². The van der Waals surface area contributed by atoms with Crippen molar-refractivity contribution >= 4 is 0 Å².